The van der Waals surface area contributed by atoms with Crippen LogP contribution in [0.15, 0.2) is 64.5 Å². The lowest BCUT2D eigenvalue weighted by molar-refractivity contribution is 0.0655. The van der Waals surface area contributed by atoms with E-state index in [2.05, 4.69) is 9.67 Å². The van der Waals surface area contributed by atoms with E-state index < -0.39 is 0 Å². The number of hydrogen-bond donors (Lipinski definition) is 0. The van der Waals surface area contributed by atoms with Crippen molar-refractivity contribution in [1.29, 1.82) is 0 Å². The van der Waals surface area contributed by atoms with Crippen molar-refractivity contribution in [2.24, 2.45) is 0 Å². The molecule has 0 N–H and O–H groups in total. The molecule has 4 heterocycles. The van der Waals surface area contributed by atoms with Gasteiger partial charge in [0.15, 0.2) is 11.0 Å². The average molecular weight is 500 g/mol. The van der Waals surface area contributed by atoms with Crippen LogP contribution in [0.4, 0.5) is 0 Å². The second kappa shape index (κ2) is 9.39. The molecule has 0 spiro atoms. The molecule has 9 heteroatoms. The first-order valence-corrected chi connectivity index (χ1v) is 13.3. The van der Waals surface area contributed by atoms with Crippen molar-refractivity contribution in [3.05, 3.63) is 81.8 Å². The van der Waals surface area contributed by atoms with Crippen molar-refractivity contribution >= 4 is 23.6 Å². The minimum Gasteiger partial charge on any atom is -0.324 e. The lowest BCUT2D eigenvalue weighted by atomic mass is 10.1. The van der Waals surface area contributed by atoms with E-state index in [9.17, 15) is 14.4 Å². The summed E-state index contributed by atoms with van der Waals surface area (Å²) in [5.74, 6) is 0.713. The van der Waals surface area contributed by atoms with Gasteiger partial charge in [0.05, 0.1) is 16.8 Å². The van der Waals surface area contributed by atoms with Crippen LogP contribution in [0.1, 0.15) is 52.1 Å². The molecular weight excluding hydrogens is 474 g/mol. The van der Waals surface area contributed by atoms with Crippen LogP contribution in [0.5, 0.6) is 0 Å². The van der Waals surface area contributed by atoms with Crippen LogP contribution in [-0.4, -0.2) is 48.3 Å². The van der Waals surface area contributed by atoms with Crippen molar-refractivity contribution in [2.45, 2.75) is 43.8 Å². The van der Waals surface area contributed by atoms with E-state index in [-0.39, 0.29) is 17.4 Å². The monoisotopic (exact) mass is 499 g/mol. The third kappa shape index (κ3) is 3.83. The summed E-state index contributed by atoms with van der Waals surface area (Å²) in [4.78, 5) is 44.8. The van der Waals surface area contributed by atoms with Crippen molar-refractivity contribution in [2.75, 3.05) is 12.3 Å². The summed E-state index contributed by atoms with van der Waals surface area (Å²) in [5, 5.41) is 5.42. The normalized spacial score (nSPS) is 15.3. The molecule has 0 unspecified atom stereocenters. The van der Waals surface area contributed by atoms with Gasteiger partial charge in [-0.2, -0.15) is 4.68 Å². The van der Waals surface area contributed by atoms with E-state index >= 15 is 0 Å². The fourth-order valence-electron chi connectivity index (χ4n) is 5.04. The van der Waals surface area contributed by atoms with Crippen molar-refractivity contribution in [1.82, 2.24) is 24.2 Å². The summed E-state index contributed by atoms with van der Waals surface area (Å²) in [5.41, 5.74) is 3.17. The van der Waals surface area contributed by atoms with E-state index in [1.165, 1.54) is 9.58 Å². The van der Waals surface area contributed by atoms with Crippen LogP contribution in [-0.2, 0) is 13.0 Å². The zero-order chi connectivity index (χ0) is 24.6. The number of aromatic nitrogens is 4. The Morgan fingerprint density at radius 2 is 1.58 bits per heavy atom. The lowest BCUT2D eigenvalue weighted by Crippen LogP contribution is -2.31. The van der Waals surface area contributed by atoms with Gasteiger partial charge in [-0.25, -0.2) is 4.98 Å². The zero-order valence-electron chi connectivity index (χ0n) is 19.7. The van der Waals surface area contributed by atoms with Gasteiger partial charge in [0, 0.05) is 24.5 Å². The summed E-state index contributed by atoms with van der Waals surface area (Å²) >= 11 is 1.59. The van der Waals surface area contributed by atoms with Gasteiger partial charge in [-0.05, 0) is 49.9 Å². The molecule has 0 aromatic heterocycles. The Labute approximate surface area is 212 Å². The molecule has 0 fully saturated rings. The van der Waals surface area contributed by atoms with Gasteiger partial charge in [0.1, 0.15) is 5.56 Å². The van der Waals surface area contributed by atoms with Gasteiger partial charge in [-0.15, -0.1) is 5.10 Å². The highest BCUT2D eigenvalue weighted by molar-refractivity contribution is 7.99. The summed E-state index contributed by atoms with van der Waals surface area (Å²) in [7, 11) is 0. The van der Waals surface area contributed by atoms with E-state index in [1.54, 1.807) is 36.0 Å². The Morgan fingerprint density at radius 1 is 0.861 bits per heavy atom. The smallest absolute Gasteiger partial charge is 0.284 e. The Bertz CT molecular complexity index is 1460. The zero-order valence-corrected chi connectivity index (χ0v) is 20.5. The molecule has 182 valence electrons. The van der Waals surface area contributed by atoms with Crippen LogP contribution in [0, 0.1) is 0 Å². The lowest BCUT2D eigenvalue weighted by Gasteiger charge is -2.18. The molecule has 2 amide bonds. The first kappa shape index (κ1) is 22.7. The number of benzene rings is 2. The molecule has 0 aliphatic carbocycles. The van der Waals surface area contributed by atoms with Gasteiger partial charge in [0.25, 0.3) is 17.4 Å². The molecule has 4 aliphatic rings. The molecule has 2 aromatic rings. The van der Waals surface area contributed by atoms with Crippen molar-refractivity contribution in [3.8, 4) is 17.1 Å². The second-order valence-corrected chi connectivity index (χ2v) is 10.1. The van der Waals surface area contributed by atoms with E-state index in [4.69, 9.17) is 4.98 Å². The molecule has 36 heavy (non-hydrogen) atoms. The number of carbonyl (C=O) groups excluding carboxylic acids is 2. The SMILES string of the molecule is O=C1c2ccccc2C(=O)N1CCCSc1nc2nn(-c3ccccc3)c(=O)c-2c2n1CCCCC2. The van der Waals surface area contributed by atoms with E-state index in [0.717, 1.165) is 48.8 Å². The Kier molecular flexibility index (Phi) is 5.92. The quantitative estimate of drug-likeness (QED) is 0.172. The Hall–Kier alpha value is -3.72. The van der Waals surface area contributed by atoms with E-state index in [0.29, 0.717) is 41.2 Å². The highest BCUT2D eigenvalue weighted by Gasteiger charge is 2.34. The minimum atomic E-state index is -0.224. The number of imide groups is 1. The molecule has 0 saturated heterocycles. The minimum absolute atomic E-state index is 0.128. The van der Waals surface area contributed by atoms with Gasteiger partial charge in [-0.3, -0.25) is 19.3 Å². The predicted molar refractivity (Wildman–Crippen MR) is 137 cm³/mol. The summed E-state index contributed by atoms with van der Waals surface area (Å²) in [6.45, 7) is 1.18. The summed E-state index contributed by atoms with van der Waals surface area (Å²) in [6.07, 6.45) is 4.63. The molecule has 6 rings (SSSR count). The summed E-state index contributed by atoms with van der Waals surface area (Å²) in [6, 6.07) is 16.4. The van der Waals surface area contributed by atoms with Crippen LogP contribution >= 0.6 is 11.8 Å². The molecule has 2 aromatic carbocycles. The molecule has 0 radical (unpaired) electrons. The molecular formula is C27H25N5O3S. The molecule has 0 atom stereocenters. The number of hydrogen-bond acceptors (Lipinski definition) is 6. The second-order valence-electron chi connectivity index (χ2n) is 9.06. The maximum atomic E-state index is 13.4. The number of para-hydroxylation sites is 1. The van der Waals surface area contributed by atoms with Gasteiger partial charge >= 0.3 is 0 Å². The summed E-state index contributed by atoms with van der Waals surface area (Å²) < 4.78 is 3.63. The van der Waals surface area contributed by atoms with Crippen LogP contribution in [0.2, 0.25) is 0 Å². The highest BCUT2D eigenvalue weighted by atomic mass is 32.2. The van der Waals surface area contributed by atoms with Gasteiger partial charge in [-0.1, -0.05) is 48.5 Å². The van der Waals surface area contributed by atoms with Crippen LogP contribution < -0.4 is 5.56 Å². The largest absolute Gasteiger partial charge is 0.324 e. The molecule has 0 saturated carbocycles. The molecule has 0 bridgehead atoms. The fourth-order valence-corrected chi connectivity index (χ4v) is 6.00. The van der Waals surface area contributed by atoms with E-state index in [1.807, 2.05) is 30.3 Å². The third-order valence-corrected chi connectivity index (χ3v) is 7.87. The third-order valence-electron chi connectivity index (χ3n) is 6.80. The van der Waals surface area contributed by atoms with Gasteiger partial charge in [0.2, 0.25) is 0 Å². The predicted octanol–water partition coefficient (Wildman–Crippen LogP) is 4.04. The molecule has 4 aliphatic heterocycles. The fraction of sp³-hybridized carbons (Fsp3) is 0.296. The molecule has 8 nitrogen and oxygen atoms in total. The number of nitrogens with zero attached hydrogens (tertiary/aromatic N) is 5. The maximum Gasteiger partial charge on any atom is 0.284 e. The topological polar surface area (TPSA) is 90.1 Å². The number of rotatable bonds is 6. The maximum absolute atomic E-state index is 13.4. The highest BCUT2D eigenvalue weighted by Crippen LogP contribution is 2.31. The average Bonchev–Trinajstić information content (AvgIpc) is 3.22. The Morgan fingerprint density at radius 3 is 2.33 bits per heavy atom. The number of thioether (sulfide) groups is 1. The Balaban J connectivity index is 1.25. The van der Waals surface area contributed by atoms with Crippen LogP contribution in [0.3, 0.4) is 0 Å². The van der Waals surface area contributed by atoms with Crippen molar-refractivity contribution in [3.63, 3.8) is 0 Å². The standard InChI is InChI=1S/C27H25N5O3S/c33-24-19-12-6-7-13-20(19)25(34)31(24)16-9-17-36-27-28-23-22(21-14-5-2-8-15-30(21)27)26(35)32(29-23)18-10-3-1-4-11-18/h1,3-4,6-7,10-13H,2,5,8-9,14-17H2. The van der Waals surface area contributed by atoms with Crippen LogP contribution in [0.25, 0.3) is 17.1 Å². The van der Waals surface area contributed by atoms with Gasteiger partial charge < -0.3 is 4.57 Å². The first-order chi connectivity index (χ1) is 17.6. The number of amides is 2. The number of fused-ring (bicyclic) bond motifs is 4. The first-order valence-electron chi connectivity index (χ1n) is 12.3. The number of carbonyl (C=O) groups is 2. The van der Waals surface area contributed by atoms with Crippen molar-refractivity contribution < 1.29 is 9.59 Å².